The molecule has 1 atom stereocenters. The van der Waals surface area contributed by atoms with Gasteiger partial charge < -0.3 is 14.6 Å². The Kier molecular flexibility index (Phi) is 6.59. The van der Waals surface area contributed by atoms with Gasteiger partial charge in [-0.3, -0.25) is 4.79 Å². The Morgan fingerprint density at radius 2 is 1.93 bits per heavy atom. The summed E-state index contributed by atoms with van der Waals surface area (Å²) in [6, 6.07) is 15.0. The molecule has 0 fully saturated rings. The van der Waals surface area contributed by atoms with Gasteiger partial charge >= 0.3 is 0 Å². The van der Waals surface area contributed by atoms with Crippen LogP contribution in [0.3, 0.4) is 0 Å². The van der Waals surface area contributed by atoms with Crippen LogP contribution in [0.15, 0.2) is 53.7 Å². The minimum absolute atomic E-state index is 0.0984. The normalized spacial score (nSPS) is 11.9. The van der Waals surface area contributed by atoms with E-state index in [-0.39, 0.29) is 17.8 Å². The van der Waals surface area contributed by atoms with E-state index in [4.69, 9.17) is 16.3 Å². The van der Waals surface area contributed by atoms with Gasteiger partial charge in [0.2, 0.25) is 5.91 Å². The standard InChI is InChI=1S/C20H21ClN4O2S/c1-13-8-10-15(11-9-13)22-18(26)12-28-20-24-23-19(25(20)3)14(2)27-17-7-5-4-6-16(17)21/h4-11,14H,12H2,1-3H3,(H,22,26)/t14-/m1/s1. The SMILES string of the molecule is Cc1ccc(NC(=O)CSc2nnc([C@@H](C)Oc3ccccc3Cl)n2C)cc1. The average Bonchev–Trinajstić information content (AvgIpc) is 3.04. The van der Waals surface area contributed by atoms with Crippen molar-refractivity contribution in [3.8, 4) is 5.75 Å². The first-order valence-electron chi connectivity index (χ1n) is 8.74. The fourth-order valence-electron chi connectivity index (χ4n) is 2.55. The van der Waals surface area contributed by atoms with Crippen LogP contribution in [0.5, 0.6) is 5.75 Å². The van der Waals surface area contributed by atoms with Gasteiger partial charge in [0.25, 0.3) is 0 Å². The highest BCUT2D eigenvalue weighted by Gasteiger charge is 2.18. The maximum Gasteiger partial charge on any atom is 0.234 e. The molecule has 0 aliphatic heterocycles. The van der Waals surface area contributed by atoms with Crippen LogP contribution in [0.25, 0.3) is 0 Å². The third kappa shape index (κ3) is 5.05. The molecule has 0 saturated carbocycles. The third-order valence-electron chi connectivity index (χ3n) is 4.04. The van der Waals surface area contributed by atoms with Crippen molar-refractivity contribution < 1.29 is 9.53 Å². The number of anilines is 1. The van der Waals surface area contributed by atoms with E-state index in [1.807, 2.05) is 61.9 Å². The quantitative estimate of drug-likeness (QED) is 0.568. The number of thioether (sulfide) groups is 1. The number of nitrogens with zero attached hydrogens (tertiary/aromatic N) is 3. The van der Waals surface area contributed by atoms with E-state index in [0.717, 1.165) is 11.3 Å². The average molecular weight is 417 g/mol. The van der Waals surface area contributed by atoms with E-state index in [1.165, 1.54) is 11.8 Å². The zero-order valence-electron chi connectivity index (χ0n) is 15.8. The molecule has 28 heavy (non-hydrogen) atoms. The summed E-state index contributed by atoms with van der Waals surface area (Å²) in [5.74, 6) is 1.38. The van der Waals surface area contributed by atoms with E-state index < -0.39 is 0 Å². The first kappa shape index (κ1) is 20.2. The molecule has 1 aromatic heterocycles. The fraction of sp³-hybridized carbons (Fsp3) is 0.250. The predicted molar refractivity (Wildman–Crippen MR) is 112 cm³/mol. The molecular weight excluding hydrogens is 396 g/mol. The topological polar surface area (TPSA) is 69.0 Å². The molecule has 3 aromatic rings. The number of amides is 1. The number of hydrogen-bond acceptors (Lipinski definition) is 5. The lowest BCUT2D eigenvalue weighted by atomic mass is 10.2. The summed E-state index contributed by atoms with van der Waals surface area (Å²) < 4.78 is 7.72. The summed E-state index contributed by atoms with van der Waals surface area (Å²) in [6.45, 7) is 3.88. The molecule has 1 amide bonds. The highest BCUT2D eigenvalue weighted by atomic mass is 35.5. The molecule has 0 unspecified atom stereocenters. The number of aryl methyl sites for hydroxylation is 1. The number of aromatic nitrogens is 3. The molecule has 0 radical (unpaired) electrons. The number of benzene rings is 2. The first-order chi connectivity index (χ1) is 13.4. The summed E-state index contributed by atoms with van der Waals surface area (Å²) in [5.41, 5.74) is 1.92. The van der Waals surface area contributed by atoms with Crippen LogP contribution in [-0.2, 0) is 11.8 Å². The monoisotopic (exact) mass is 416 g/mol. The minimum Gasteiger partial charge on any atom is -0.481 e. The second-order valence-corrected chi connectivity index (χ2v) is 7.64. The molecule has 1 N–H and O–H groups in total. The number of rotatable bonds is 7. The fourth-order valence-corrected chi connectivity index (χ4v) is 3.45. The van der Waals surface area contributed by atoms with Crippen molar-refractivity contribution >= 4 is 35.0 Å². The highest BCUT2D eigenvalue weighted by molar-refractivity contribution is 7.99. The van der Waals surface area contributed by atoms with Crippen LogP contribution >= 0.6 is 23.4 Å². The number of nitrogens with one attached hydrogen (secondary N) is 1. The summed E-state index contributed by atoms with van der Waals surface area (Å²) >= 11 is 7.46. The Morgan fingerprint density at radius 3 is 2.64 bits per heavy atom. The lowest BCUT2D eigenvalue weighted by Crippen LogP contribution is -2.14. The molecule has 0 aliphatic carbocycles. The van der Waals surface area contributed by atoms with Crippen LogP contribution in [0, 0.1) is 6.92 Å². The lowest BCUT2D eigenvalue weighted by molar-refractivity contribution is -0.113. The van der Waals surface area contributed by atoms with Crippen molar-refractivity contribution in [2.75, 3.05) is 11.1 Å². The first-order valence-corrected chi connectivity index (χ1v) is 10.1. The predicted octanol–water partition coefficient (Wildman–Crippen LogP) is 4.65. The van der Waals surface area contributed by atoms with Crippen molar-refractivity contribution in [1.82, 2.24) is 14.8 Å². The van der Waals surface area contributed by atoms with Gasteiger partial charge in [-0.05, 0) is 38.1 Å². The zero-order valence-corrected chi connectivity index (χ0v) is 17.4. The van der Waals surface area contributed by atoms with Gasteiger partial charge in [-0.2, -0.15) is 0 Å². The second-order valence-electron chi connectivity index (χ2n) is 6.29. The Balaban J connectivity index is 1.58. The number of carbonyl (C=O) groups is 1. The Bertz CT molecular complexity index is 959. The molecule has 1 heterocycles. The third-order valence-corrected chi connectivity index (χ3v) is 5.37. The zero-order chi connectivity index (χ0) is 20.1. The summed E-state index contributed by atoms with van der Waals surface area (Å²) in [6.07, 6.45) is -0.340. The molecule has 6 nitrogen and oxygen atoms in total. The van der Waals surface area contributed by atoms with Gasteiger partial charge in [-0.25, -0.2) is 0 Å². The number of para-hydroxylation sites is 1. The summed E-state index contributed by atoms with van der Waals surface area (Å²) in [4.78, 5) is 12.2. The van der Waals surface area contributed by atoms with Crippen LogP contribution in [0.2, 0.25) is 5.02 Å². The molecule has 8 heteroatoms. The van der Waals surface area contributed by atoms with Gasteiger partial charge in [0.1, 0.15) is 5.75 Å². The van der Waals surface area contributed by atoms with Crippen LogP contribution in [0.4, 0.5) is 5.69 Å². The molecule has 2 aromatic carbocycles. The highest BCUT2D eigenvalue weighted by Crippen LogP contribution is 2.29. The molecule has 0 saturated heterocycles. The molecular formula is C20H21ClN4O2S. The smallest absolute Gasteiger partial charge is 0.234 e. The molecule has 146 valence electrons. The molecule has 3 rings (SSSR count). The maximum atomic E-state index is 12.2. The van der Waals surface area contributed by atoms with Crippen molar-refractivity contribution in [1.29, 1.82) is 0 Å². The van der Waals surface area contributed by atoms with Crippen LogP contribution in [0.1, 0.15) is 24.4 Å². The number of hydrogen-bond donors (Lipinski definition) is 1. The van der Waals surface area contributed by atoms with Gasteiger partial charge in [0.05, 0.1) is 10.8 Å². The van der Waals surface area contributed by atoms with E-state index >= 15 is 0 Å². The van der Waals surface area contributed by atoms with E-state index in [2.05, 4.69) is 15.5 Å². The van der Waals surface area contributed by atoms with Crippen molar-refractivity contribution in [3.63, 3.8) is 0 Å². The van der Waals surface area contributed by atoms with Gasteiger partial charge in [-0.1, -0.05) is 53.2 Å². The number of ether oxygens (including phenoxy) is 1. The van der Waals surface area contributed by atoms with Gasteiger partial charge in [0, 0.05) is 12.7 Å². The van der Waals surface area contributed by atoms with E-state index in [0.29, 0.717) is 21.8 Å². The minimum atomic E-state index is -0.340. The molecule has 0 spiro atoms. The van der Waals surface area contributed by atoms with Crippen molar-refractivity contribution in [2.45, 2.75) is 25.1 Å². The van der Waals surface area contributed by atoms with E-state index in [1.54, 1.807) is 12.1 Å². The largest absolute Gasteiger partial charge is 0.481 e. The number of halogens is 1. The Morgan fingerprint density at radius 1 is 1.21 bits per heavy atom. The maximum absolute atomic E-state index is 12.2. The van der Waals surface area contributed by atoms with Crippen molar-refractivity contribution in [2.24, 2.45) is 7.05 Å². The van der Waals surface area contributed by atoms with E-state index in [9.17, 15) is 4.79 Å². The molecule has 0 aliphatic rings. The van der Waals surface area contributed by atoms with Crippen LogP contribution < -0.4 is 10.1 Å². The van der Waals surface area contributed by atoms with Crippen LogP contribution in [-0.4, -0.2) is 26.4 Å². The molecule has 0 bridgehead atoms. The van der Waals surface area contributed by atoms with Crippen molar-refractivity contribution in [3.05, 3.63) is 64.9 Å². The van der Waals surface area contributed by atoms with Gasteiger partial charge in [-0.15, -0.1) is 10.2 Å². The Hall–Kier alpha value is -2.51. The number of carbonyl (C=O) groups excluding carboxylic acids is 1. The lowest BCUT2D eigenvalue weighted by Gasteiger charge is -2.15. The summed E-state index contributed by atoms with van der Waals surface area (Å²) in [5, 5.41) is 12.4. The summed E-state index contributed by atoms with van der Waals surface area (Å²) in [7, 11) is 1.85. The second kappa shape index (κ2) is 9.12. The van der Waals surface area contributed by atoms with Gasteiger partial charge in [0.15, 0.2) is 17.1 Å². The Labute approximate surface area is 173 Å².